The van der Waals surface area contributed by atoms with E-state index in [-0.39, 0.29) is 11.7 Å². The van der Waals surface area contributed by atoms with Crippen LogP contribution in [0.3, 0.4) is 0 Å². The Morgan fingerprint density at radius 2 is 1.80 bits per heavy atom. The Morgan fingerprint density at radius 3 is 2.47 bits per heavy atom. The third kappa shape index (κ3) is 4.52. The maximum atomic E-state index is 13.1. The van der Waals surface area contributed by atoms with E-state index in [1.807, 2.05) is 36.1 Å². The molecule has 0 saturated carbocycles. The summed E-state index contributed by atoms with van der Waals surface area (Å²) in [6.45, 7) is 4.76. The van der Waals surface area contributed by atoms with Gasteiger partial charge in [-0.3, -0.25) is 9.69 Å². The van der Waals surface area contributed by atoms with Crippen LogP contribution in [0.1, 0.15) is 17.0 Å². The molecule has 2 heterocycles. The normalized spacial score (nSPS) is 14.9. The Kier molecular flexibility index (Phi) is 5.81. The molecule has 0 bridgehead atoms. The van der Waals surface area contributed by atoms with Crippen LogP contribution in [0.15, 0.2) is 52.9 Å². The number of halogens is 1. The van der Waals surface area contributed by atoms with Gasteiger partial charge in [-0.25, -0.2) is 9.37 Å². The SMILES string of the molecule is COc1ccc(CN2CCN(Cc3nc(-c4ccc(F)cc4)oc3C)CC2=O)cc1. The Bertz CT molecular complexity index is 1020. The van der Waals surface area contributed by atoms with Crippen molar-refractivity contribution < 1.29 is 18.3 Å². The number of hydrogen-bond donors (Lipinski definition) is 0. The van der Waals surface area contributed by atoms with E-state index >= 15 is 0 Å². The second-order valence-corrected chi connectivity index (χ2v) is 7.40. The maximum Gasteiger partial charge on any atom is 0.237 e. The van der Waals surface area contributed by atoms with Crippen molar-refractivity contribution in [3.63, 3.8) is 0 Å². The van der Waals surface area contributed by atoms with Crippen molar-refractivity contribution in [2.75, 3.05) is 26.7 Å². The lowest BCUT2D eigenvalue weighted by atomic mass is 10.2. The molecule has 1 aliphatic heterocycles. The first kappa shape index (κ1) is 20.1. The van der Waals surface area contributed by atoms with E-state index in [1.54, 1.807) is 19.2 Å². The van der Waals surface area contributed by atoms with E-state index in [0.29, 0.717) is 37.8 Å². The van der Waals surface area contributed by atoms with Crippen molar-refractivity contribution in [2.45, 2.75) is 20.0 Å². The minimum atomic E-state index is -0.298. The summed E-state index contributed by atoms with van der Waals surface area (Å²) in [7, 11) is 1.64. The second-order valence-electron chi connectivity index (χ2n) is 7.40. The molecule has 2 aromatic carbocycles. The molecular weight excluding hydrogens is 385 g/mol. The Morgan fingerprint density at radius 1 is 1.07 bits per heavy atom. The number of carbonyl (C=O) groups excluding carboxylic acids is 1. The van der Waals surface area contributed by atoms with Gasteiger partial charge in [-0.05, 0) is 48.9 Å². The fourth-order valence-corrected chi connectivity index (χ4v) is 3.51. The molecule has 30 heavy (non-hydrogen) atoms. The summed E-state index contributed by atoms with van der Waals surface area (Å²) in [6, 6.07) is 13.8. The lowest BCUT2D eigenvalue weighted by Crippen LogP contribution is -2.49. The molecule has 1 aromatic heterocycles. The maximum absolute atomic E-state index is 13.1. The van der Waals surface area contributed by atoms with Gasteiger partial charge < -0.3 is 14.1 Å². The number of nitrogens with zero attached hydrogens (tertiary/aromatic N) is 3. The Balaban J connectivity index is 1.37. The molecule has 0 radical (unpaired) electrons. The van der Waals surface area contributed by atoms with Crippen LogP contribution in [0.5, 0.6) is 5.75 Å². The highest BCUT2D eigenvalue weighted by molar-refractivity contribution is 5.79. The van der Waals surface area contributed by atoms with Crippen molar-refractivity contribution >= 4 is 5.91 Å². The van der Waals surface area contributed by atoms with Gasteiger partial charge in [0.1, 0.15) is 17.3 Å². The van der Waals surface area contributed by atoms with Gasteiger partial charge in [-0.1, -0.05) is 12.1 Å². The van der Waals surface area contributed by atoms with E-state index in [2.05, 4.69) is 9.88 Å². The number of carbonyl (C=O) groups is 1. The van der Waals surface area contributed by atoms with Crippen LogP contribution in [-0.2, 0) is 17.9 Å². The zero-order chi connectivity index (χ0) is 21.1. The van der Waals surface area contributed by atoms with Gasteiger partial charge >= 0.3 is 0 Å². The van der Waals surface area contributed by atoms with Crippen molar-refractivity contribution in [3.8, 4) is 17.2 Å². The van der Waals surface area contributed by atoms with E-state index in [1.165, 1.54) is 12.1 Å². The van der Waals surface area contributed by atoms with Gasteiger partial charge in [0.05, 0.1) is 19.3 Å². The topological polar surface area (TPSA) is 58.8 Å². The van der Waals surface area contributed by atoms with Crippen LogP contribution in [0.25, 0.3) is 11.5 Å². The minimum Gasteiger partial charge on any atom is -0.497 e. The summed E-state index contributed by atoms with van der Waals surface area (Å²) < 4.78 is 24.1. The minimum absolute atomic E-state index is 0.0944. The largest absolute Gasteiger partial charge is 0.497 e. The van der Waals surface area contributed by atoms with Crippen molar-refractivity contribution in [2.24, 2.45) is 0 Å². The number of hydrogen-bond acceptors (Lipinski definition) is 5. The monoisotopic (exact) mass is 409 g/mol. The highest BCUT2D eigenvalue weighted by Gasteiger charge is 2.25. The first-order valence-electron chi connectivity index (χ1n) is 9.87. The van der Waals surface area contributed by atoms with Gasteiger partial charge in [0.2, 0.25) is 11.8 Å². The van der Waals surface area contributed by atoms with Crippen molar-refractivity contribution in [1.82, 2.24) is 14.8 Å². The average Bonchev–Trinajstić information content (AvgIpc) is 3.11. The van der Waals surface area contributed by atoms with Gasteiger partial charge in [-0.15, -0.1) is 0 Å². The number of ether oxygens (including phenoxy) is 1. The van der Waals surface area contributed by atoms with E-state index in [4.69, 9.17) is 9.15 Å². The molecule has 1 fully saturated rings. The molecule has 6 nitrogen and oxygen atoms in total. The van der Waals surface area contributed by atoms with Gasteiger partial charge in [0, 0.05) is 31.7 Å². The van der Waals surface area contributed by atoms with Gasteiger partial charge in [0.15, 0.2) is 0 Å². The summed E-state index contributed by atoms with van der Waals surface area (Å²) in [6.07, 6.45) is 0. The first-order chi connectivity index (χ1) is 14.5. The van der Waals surface area contributed by atoms with E-state index < -0.39 is 0 Å². The fraction of sp³-hybridized carbons (Fsp3) is 0.304. The van der Waals surface area contributed by atoms with Crippen LogP contribution >= 0.6 is 0 Å². The van der Waals surface area contributed by atoms with Crippen molar-refractivity contribution in [1.29, 1.82) is 0 Å². The fourth-order valence-electron chi connectivity index (χ4n) is 3.51. The van der Waals surface area contributed by atoms with Crippen LogP contribution < -0.4 is 4.74 Å². The van der Waals surface area contributed by atoms with Crippen LogP contribution in [-0.4, -0.2) is 47.4 Å². The van der Waals surface area contributed by atoms with E-state index in [9.17, 15) is 9.18 Å². The number of methoxy groups -OCH3 is 1. The Hall–Kier alpha value is -3.19. The average molecular weight is 409 g/mol. The summed E-state index contributed by atoms with van der Waals surface area (Å²) in [5.74, 6) is 1.78. The number of rotatable bonds is 6. The summed E-state index contributed by atoms with van der Waals surface area (Å²) >= 11 is 0. The molecule has 1 amide bonds. The molecule has 0 aliphatic carbocycles. The third-order valence-electron chi connectivity index (χ3n) is 5.29. The highest BCUT2D eigenvalue weighted by atomic mass is 19.1. The molecular formula is C23H24FN3O3. The molecule has 3 aromatic rings. The molecule has 0 spiro atoms. The molecule has 7 heteroatoms. The number of piperazine rings is 1. The molecule has 1 aliphatic rings. The Labute approximate surface area is 174 Å². The van der Waals surface area contributed by atoms with Gasteiger partial charge in [-0.2, -0.15) is 0 Å². The van der Waals surface area contributed by atoms with Crippen LogP contribution in [0.4, 0.5) is 4.39 Å². The number of amides is 1. The highest BCUT2D eigenvalue weighted by Crippen LogP contribution is 2.23. The van der Waals surface area contributed by atoms with Gasteiger partial charge in [0.25, 0.3) is 0 Å². The summed E-state index contributed by atoms with van der Waals surface area (Å²) in [5, 5.41) is 0. The summed E-state index contributed by atoms with van der Waals surface area (Å²) in [5.41, 5.74) is 2.60. The predicted molar refractivity (Wildman–Crippen MR) is 110 cm³/mol. The lowest BCUT2D eigenvalue weighted by Gasteiger charge is -2.34. The first-order valence-corrected chi connectivity index (χ1v) is 9.87. The van der Waals surface area contributed by atoms with Crippen LogP contribution in [0.2, 0.25) is 0 Å². The number of aromatic nitrogens is 1. The molecule has 0 N–H and O–H groups in total. The smallest absolute Gasteiger partial charge is 0.237 e. The second kappa shape index (κ2) is 8.67. The van der Waals surface area contributed by atoms with E-state index in [0.717, 1.165) is 29.1 Å². The molecule has 156 valence electrons. The zero-order valence-corrected chi connectivity index (χ0v) is 17.1. The molecule has 1 saturated heterocycles. The molecule has 4 rings (SSSR count). The molecule has 0 unspecified atom stereocenters. The van der Waals surface area contributed by atoms with Crippen molar-refractivity contribution in [3.05, 3.63) is 71.4 Å². The third-order valence-corrected chi connectivity index (χ3v) is 5.29. The standard InChI is InChI=1S/C23H24FN3O3/c1-16-21(25-23(30-16)18-5-7-19(24)8-6-18)14-26-11-12-27(22(28)15-26)13-17-3-9-20(29-2)10-4-17/h3-10H,11-15H2,1-2H3. The summed E-state index contributed by atoms with van der Waals surface area (Å²) in [4.78, 5) is 21.2. The lowest BCUT2D eigenvalue weighted by molar-refractivity contribution is -0.136. The molecule has 0 atom stereocenters. The number of benzene rings is 2. The number of oxazole rings is 1. The number of aryl methyl sites for hydroxylation is 1. The predicted octanol–water partition coefficient (Wildman–Crippen LogP) is 3.64. The van der Waals surface area contributed by atoms with Crippen LogP contribution in [0, 0.1) is 12.7 Å². The quantitative estimate of drug-likeness (QED) is 0.622. The zero-order valence-electron chi connectivity index (χ0n) is 17.1.